The molecule has 4 nitrogen and oxygen atoms in total. The first-order chi connectivity index (χ1) is 14.1. The minimum atomic E-state index is -0.170. The molecular weight excluding hydrogens is 380 g/mol. The number of benzene rings is 2. The van der Waals surface area contributed by atoms with Crippen LogP contribution in [-0.2, 0) is 13.5 Å². The van der Waals surface area contributed by atoms with E-state index in [2.05, 4.69) is 23.6 Å². The van der Waals surface area contributed by atoms with Gasteiger partial charge < -0.3 is 9.47 Å². The zero-order chi connectivity index (χ0) is 20.0. The summed E-state index contributed by atoms with van der Waals surface area (Å²) in [7, 11) is 1.74. The van der Waals surface area contributed by atoms with Crippen molar-refractivity contribution < 1.29 is 4.79 Å². The highest BCUT2D eigenvalue weighted by Gasteiger charge is 2.34. The summed E-state index contributed by atoms with van der Waals surface area (Å²) in [6, 6.07) is 21.2. The molecule has 0 N–H and O–H groups in total. The molecule has 1 amide bonds. The molecule has 2 aromatic heterocycles. The van der Waals surface area contributed by atoms with Gasteiger partial charge in [-0.25, -0.2) is 0 Å². The molecule has 5 heteroatoms. The molecule has 3 heterocycles. The van der Waals surface area contributed by atoms with E-state index in [1.807, 2.05) is 47.4 Å². The molecule has 5 rings (SSSR count). The molecule has 1 aliphatic heterocycles. The van der Waals surface area contributed by atoms with Gasteiger partial charge in [0.1, 0.15) is 0 Å². The lowest BCUT2D eigenvalue weighted by Gasteiger charge is -2.36. The Balaban J connectivity index is 1.67. The highest BCUT2D eigenvalue weighted by molar-refractivity contribution is 7.10. The van der Waals surface area contributed by atoms with Gasteiger partial charge in [-0.05, 0) is 35.1 Å². The molecule has 0 saturated heterocycles. The van der Waals surface area contributed by atoms with Crippen LogP contribution in [0.4, 0.5) is 0 Å². The number of hydrogen-bond donors (Lipinski definition) is 0. The van der Waals surface area contributed by atoms with Crippen LogP contribution >= 0.6 is 11.3 Å². The van der Waals surface area contributed by atoms with Crippen LogP contribution in [0.15, 0.2) is 76.9 Å². The van der Waals surface area contributed by atoms with Gasteiger partial charge >= 0.3 is 0 Å². The van der Waals surface area contributed by atoms with Gasteiger partial charge in [0.05, 0.1) is 17.1 Å². The number of carbonyl (C=O) groups excluding carboxylic acids is 1. The predicted molar refractivity (Wildman–Crippen MR) is 117 cm³/mol. The van der Waals surface area contributed by atoms with Crippen molar-refractivity contribution in [1.82, 2.24) is 9.47 Å². The van der Waals surface area contributed by atoms with Crippen LogP contribution in [0.3, 0.4) is 0 Å². The van der Waals surface area contributed by atoms with Crippen molar-refractivity contribution in [1.29, 1.82) is 0 Å². The minimum absolute atomic E-state index is 0.0930. The van der Waals surface area contributed by atoms with Crippen molar-refractivity contribution in [3.05, 3.63) is 104 Å². The molecule has 144 valence electrons. The van der Waals surface area contributed by atoms with E-state index >= 15 is 0 Å². The molecule has 4 aromatic rings. The molecule has 1 unspecified atom stereocenters. The fraction of sp³-hybridized carbons (Fsp3) is 0.167. The molecule has 0 saturated carbocycles. The highest BCUT2D eigenvalue weighted by atomic mass is 32.1. The third-order valence-corrected chi connectivity index (χ3v) is 6.72. The number of carbonyl (C=O) groups is 1. The number of pyridine rings is 1. The fourth-order valence-electron chi connectivity index (χ4n) is 4.27. The number of rotatable bonds is 2. The van der Waals surface area contributed by atoms with Gasteiger partial charge in [-0.1, -0.05) is 48.5 Å². The van der Waals surface area contributed by atoms with Crippen molar-refractivity contribution in [2.75, 3.05) is 6.54 Å². The first kappa shape index (κ1) is 17.9. The Labute approximate surface area is 172 Å². The van der Waals surface area contributed by atoms with Crippen LogP contribution in [-0.4, -0.2) is 21.9 Å². The van der Waals surface area contributed by atoms with E-state index in [1.54, 1.807) is 23.0 Å². The average molecular weight is 401 g/mol. The standard InChI is InChI=1S/C24H20N2O2S/c1-25-20-10-6-5-9-17(20)19(15-22(25)27)24(28)26-13-11-21-18(12-14-29-21)23(26)16-7-3-2-4-8-16/h2-10,12,14-15,23H,11,13H2,1H3. The quantitative estimate of drug-likeness (QED) is 0.501. The normalized spacial score (nSPS) is 16.0. The Morgan fingerprint density at radius 2 is 1.79 bits per heavy atom. The highest BCUT2D eigenvalue weighted by Crippen LogP contribution is 2.38. The number of fused-ring (bicyclic) bond motifs is 2. The average Bonchev–Trinajstić information content (AvgIpc) is 3.24. The summed E-state index contributed by atoms with van der Waals surface area (Å²) in [5.41, 5.74) is 3.36. The van der Waals surface area contributed by atoms with Crippen LogP contribution in [0.2, 0.25) is 0 Å². The van der Waals surface area contributed by atoms with Crippen molar-refractivity contribution in [3.63, 3.8) is 0 Å². The summed E-state index contributed by atoms with van der Waals surface area (Å²) in [5, 5.41) is 2.91. The lowest BCUT2D eigenvalue weighted by Crippen LogP contribution is -2.40. The topological polar surface area (TPSA) is 42.3 Å². The molecule has 0 aliphatic carbocycles. The number of thiophene rings is 1. The smallest absolute Gasteiger partial charge is 0.255 e. The molecule has 0 radical (unpaired) electrons. The van der Waals surface area contributed by atoms with Crippen LogP contribution in [0, 0.1) is 0 Å². The Morgan fingerprint density at radius 3 is 2.62 bits per heavy atom. The molecule has 1 aliphatic rings. The van der Waals surface area contributed by atoms with Crippen molar-refractivity contribution >= 4 is 28.1 Å². The summed E-state index contributed by atoms with van der Waals surface area (Å²) >= 11 is 1.75. The van der Waals surface area contributed by atoms with E-state index in [9.17, 15) is 9.59 Å². The third-order valence-electron chi connectivity index (χ3n) is 5.73. The molecule has 29 heavy (non-hydrogen) atoms. The maximum atomic E-state index is 13.8. The molecule has 0 spiro atoms. The SMILES string of the molecule is Cn1c(=O)cc(C(=O)N2CCc3sccc3C2c2ccccc2)c2ccccc21. The second-order valence-electron chi connectivity index (χ2n) is 7.33. The lowest BCUT2D eigenvalue weighted by molar-refractivity contribution is 0.0698. The van der Waals surface area contributed by atoms with Crippen molar-refractivity contribution in [2.24, 2.45) is 7.05 Å². The van der Waals surface area contributed by atoms with Crippen molar-refractivity contribution in [2.45, 2.75) is 12.5 Å². The zero-order valence-corrected chi connectivity index (χ0v) is 16.9. The van der Waals surface area contributed by atoms with Gasteiger partial charge in [-0.3, -0.25) is 9.59 Å². The van der Waals surface area contributed by atoms with Gasteiger partial charge in [0.15, 0.2) is 0 Å². The summed E-state index contributed by atoms with van der Waals surface area (Å²) in [6.45, 7) is 0.634. The van der Waals surface area contributed by atoms with Crippen molar-refractivity contribution in [3.8, 4) is 0 Å². The summed E-state index contributed by atoms with van der Waals surface area (Å²) in [6.07, 6.45) is 0.838. The zero-order valence-electron chi connectivity index (χ0n) is 16.0. The van der Waals surface area contributed by atoms with E-state index in [0.717, 1.165) is 22.9 Å². The Bertz CT molecular complexity index is 1270. The fourth-order valence-corrected chi connectivity index (χ4v) is 5.18. The second-order valence-corrected chi connectivity index (χ2v) is 8.33. The van der Waals surface area contributed by atoms with Gasteiger partial charge in [0.25, 0.3) is 11.5 Å². The van der Waals surface area contributed by atoms with Crippen LogP contribution in [0.5, 0.6) is 0 Å². The number of hydrogen-bond acceptors (Lipinski definition) is 3. The van der Waals surface area contributed by atoms with E-state index in [0.29, 0.717) is 12.1 Å². The summed E-state index contributed by atoms with van der Waals surface area (Å²) < 4.78 is 1.59. The number of nitrogens with zero attached hydrogens (tertiary/aromatic N) is 2. The summed E-state index contributed by atoms with van der Waals surface area (Å²) in [5.74, 6) is -0.0930. The Morgan fingerprint density at radius 1 is 1.03 bits per heavy atom. The number of amides is 1. The molecular formula is C24H20N2O2S. The van der Waals surface area contributed by atoms with Gasteiger partial charge in [0, 0.05) is 29.9 Å². The number of para-hydroxylation sites is 1. The minimum Gasteiger partial charge on any atom is -0.327 e. The number of aryl methyl sites for hydroxylation is 1. The van der Waals surface area contributed by atoms with Gasteiger partial charge in [-0.2, -0.15) is 0 Å². The van der Waals surface area contributed by atoms with E-state index < -0.39 is 0 Å². The van der Waals surface area contributed by atoms with E-state index in [-0.39, 0.29) is 17.5 Å². The second kappa shape index (κ2) is 7.01. The van der Waals surface area contributed by atoms with Crippen LogP contribution < -0.4 is 5.56 Å². The Hall–Kier alpha value is -3.18. The maximum absolute atomic E-state index is 13.8. The van der Waals surface area contributed by atoms with Gasteiger partial charge in [-0.15, -0.1) is 11.3 Å². The Kier molecular flexibility index (Phi) is 4.32. The van der Waals surface area contributed by atoms with E-state index in [1.165, 1.54) is 16.5 Å². The lowest BCUT2D eigenvalue weighted by atomic mass is 9.92. The number of aromatic nitrogens is 1. The van der Waals surface area contributed by atoms with E-state index in [4.69, 9.17) is 0 Å². The first-order valence-electron chi connectivity index (χ1n) is 9.66. The third kappa shape index (κ3) is 2.89. The van der Waals surface area contributed by atoms with Crippen LogP contribution in [0.25, 0.3) is 10.9 Å². The largest absolute Gasteiger partial charge is 0.327 e. The molecule has 1 atom stereocenters. The first-order valence-corrected chi connectivity index (χ1v) is 10.5. The monoisotopic (exact) mass is 400 g/mol. The molecule has 2 aromatic carbocycles. The molecule has 0 fully saturated rings. The molecule has 0 bridgehead atoms. The predicted octanol–water partition coefficient (Wildman–Crippen LogP) is 4.39. The van der Waals surface area contributed by atoms with Gasteiger partial charge in [0.2, 0.25) is 0 Å². The maximum Gasteiger partial charge on any atom is 0.255 e. The van der Waals surface area contributed by atoms with Crippen LogP contribution in [0.1, 0.15) is 32.4 Å². The summed E-state index contributed by atoms with van der Waals surface area (Å²) in [4.78, 5) is 29.6.